The lowest BCUT2D eigenvalue weighted by molar-refractivity contribution is 0.0747. The van der Waals surface area contributed by atoms with Crippen LogP contribution in [-0.4, -0.2) is 47.8 Å². The van der Waals surface area contributed by atoms with Gasteiger partial charge in [0.05, 0.1) is 6.61 Å². The number of nitrogens with zero attached hydrogens (tertiary/aromatic N) is 3. The summed E-state index contributed by atoms with van der Waals surface area (Å²) in [7, 11) is 1.58. The van der Waals surface area contributed by atoms with E-state index in [0.717, 1.165) is 0 Å². The molecule has 1 aliphatic rings. The van der Waals surface area contributed by atoms with E-state index in [9.17, 15) is 4.79 Å². The average molecular weight is 347 g/mol. The summed E-state index contributed by atoms with van der Waals surface area (Å²) >= 11 is 0. The summed E-state index contributed by atoms with van der Waals surface area (Å²) in [6.07, 6.45) is 0. The second kappa shape index (κ2) is 6.72. The van der Waals surface area contributed by atoms with E-state index in [0.29, 0.717) is 36.1 Å². The van der Waals surface area contributed by atoms with Crippen molar-refractivity contribution in [3.05, 3.63) is 18.2 Å². The molecule has 2 heterocycles. The van der Waals surface area contributed by atoms with E-state index in [1.165, 1.54) is 4.68 Å². The maximum Gasteiger partial charge on any atom is 0.336 e. The van der Waals surface area contributed by atoms with Crippen LogP contribution in [0.1, 0.15) is 25.6 Å². The van der Waals surface area contributed by atoms with Crippen molar-refractivity contribution in [3.8, 4) is 28.9 Å². The number of rotatable bonds is 5. The molecule has 25 heavy (non-hydrogen) atoms. The monoisotopic (exact) mass is 347 g/mol. The van der Waals surface area contributed by atoms with Gasteiger partial charge in [-0.25, -0.2) is 0 Å². The second-order valence-corrected chi connectivity index (χ2v) is 6.59. The minimum absolute atomic E-state index is 0.127. The van der Waals surface area contributed by atoms with Crippen LogP contribution in [0.15, 0.2) is 18.2 Å². The van der Waals surface area contributed by atoms with Gasteiger partial charge < -0.3 is 18.9 Å². The van der Waals surface area contributed by atoms with Crippen molar-refractivity contribution >= 4 is 5.91 Å². The fraction of sp³-hybridized carbons (Fsp3) is 0.471. The van der Waals surface area contributed by atoms with E-state index >= 15 is 0 Å². The Bertz CT molecular complexity index is 779. The molecule has 0 saturated heterocycles. The molecular weight excluding hydrogens is 326 g/mol. The number of aromatic nitrogens is 3. The lowest BCUT2D eigenvalue weighted by Gasteiger charge is -2.16. The van der Waals surface area contributed by atoms with Crippen LogP contribution in [0, 0.1) is 5.41 Å². The molecule has 1 aliphatic heterocycles. The molecular formula is C17H21N3O5. The zero-order chi connectivity index (χ0) is 18.0. The molecule has 0 atom stereocenters. The first kappa shape index (κ1) is 17.2. The number of benzene rings is 1. The van der Waals surface area contributed by atoms with Gasteiger partial charge in [0.2, 0.25) is 6.79 Å². The standard InChI is InChI=1S/C17H21N3O5/c1-17(2,3)15(21)20-14(18-16(19-20)23-8-7-22-4)11-5-6-12-13(9-11)25-10-24-12/h5-6,9H,7-8,10H2,1-4H3. The van der Waals surface area contributed by atoms with Crippen molar-refractivity contribution in [2.24, 2.45) is 5.41 Å². The molecule has 8 nitrogen and oxygen atoms in total. The van der Waals surface area contributed by atoms with Crippen LogP contribution < -0.4 is 14.2 Å². The Hall–Kier alpha value is -2.61. The highest BCUT2D eigenvalue weighted by Gasteiger charge is 2.29. The third-order valence-electron chi connectivity index (χ3n) is 3.57. The van der Waals surface area contributed by atoms with Gasteiger partial charge in [-0.3, -0.25) is 4.79 Å². The molecule has 0 spiro atoms. The van der Waals surface area contributed by atoms with E-state index in [1.54, 1.807) is 19.2 Å². The highest BCUT2D eigenvalue weighted by atomic mass is 16.7. The largest absolute Gasteiger partial charge is 0.460 e. The topological polar surface area (TPSA) is 84.7 Å². The Morgan fingerprint density at radius 3 is 2.72 bits per heavy atom. The predicted octanol–water partition coefficient (Wildman–Crippen LogP) is 2.39. The molecule has 0 unspecified atom stereocenters. The first-order chi connectivity index (χ1) is 11.9. The molecule has 8 heteroatoms. The fourth-order valence-electron chi connectivity index (χ4n) is 2.25. The summed E-state index contributed by atoms with van der Waals surface area (Å²) in [6, 6.07) is 5.49. The number of fused-ring (bicyclic) bond motifs is 1. The molecule has 0 N–H and O–H groups in total. The lowest BCUT2D eigenvalue weighted by atomic mass is 9.95. The Labute approximate surface area is 145 Å². The molecule has 0 amide bonds. The van der Waals surface area contributed by atoms with E-state index in [2.05, 4.69) is 10.1 Å². The molecule has 0 aliphatic carbocycles. The third kappa shape index (κ3) is 3.58. The van der Waals surface area contributed by atoms with Crippen LogP contribution in [0.4, 0.5) is 0 Å². The third-order valence-corrected chi connectivity index (χ3v) is 3.57. The number of hydrogen-bond acceptors (Lipinski definition) is 7. The van der Waals surface area contributed by atoms with E-state index in [-0.39, 0.29) is 18.7 Å². The highest BCUT2D eigenvalue weighted by molar-refractivity contribution is 5.86. The number of methoxy groups -OCH3 is 1. The number of ether oxygens (including phenoxy) is 4. The van der Waals surface area contributed by atoms with Crippen LogP contribution in [-0.2, 0) is 4.74 Å². The molecule has 134 valence electrons. The van der Waals surface area contributed by atoms with Gasteiger partial charge in [0.25, 0.3) is 5.91 Å². The average Bonchev–Trinajstić information content (AvgIpc) is 3.19. The molecule has 0 fully saturated rings. The Kier molecular flexibility index (Phi) is 4.63. The molecule has 2 aromatic rings. The zero-order valence-electron chi connectivity index (χ0n) is 14.7. The van der Waals surface area contributed by atoms with Crippen molar-refractivity contribution in [1.29, 1.82) is 0 Å². The minimum atomic E-state index is -0.622. The van der Waals surface area contributed by atoms with Crippen LogP contribution in [0.25, 0.3) is 11.4 Å². The Morgan fingerprint density at radius 2 is 2.00 bits per heavy atom. The summed E-state index contributed by atoms with van der Waals surface area (Å²) in [6.45, 7) is 6.35. The van der Waals surface area contributed by atoms with Gasteiger partial charge in [0.15, 0.2) is 17.3 Å². The summed E-state index contributed by atoms with van der Waals surface area (Å²) in [5.74, 6) is 1.48. The normalized spacial score (nSPS) is 13.1. The van der Waals surface area contributed by atoms with Crippen molar-refractivity contribution in [3.63, 3.8) is 0 Å². The Morgan fingerprint density at radius 1 is 1.24 bits per heavy atom. The summed E-state index contributed by atoms with van der Waals surface area (Å²) in [5.41, 5.74) is 0.0683. The van der Waals surface area contributed by atoms with Crippen LogP contribution in [0.5, 0.6) is 17.5 Å². The van der Waals surface area contributed by atoms with Gasteiger partial charge in [0, 0.05) is 18.1 Å². The smallest absolute Gasteiger partial charge is 0.336 e. The van der Waals surface area contributed by atoms with Gasteiger partial charge in [-0.1, -0.05) is 20.8 Å². The van der Waals surface area contributed by atoms with E-state index in [1.807, 2.05) is 26.8 Å². The van der Waals surface area contributed by atoms with Crippen LogP contribution in [0.2, 0.25) is 0 Å². The molecule has 1 aromatic carbocycles. The molecule has 1 aromatic heterocycles. The first-order valence-electron chi connectivity index (χ1n) is 7.94. The number of carbonyl (C=O) groups excluding carboxylic acids is 1. The van der Waals surface area contributed by atoms with Crippen LogP contribution in [0.3, 0.4) is 0 Å². The van der Waals surface area contributed by atoms with Crippen molar-refractivity contribution < 1.29 is 23.7 Å². The van der Waals surface area contributed by atoms with Gasteiger partial charge >= 0.3 is 6.01 Å². The Balaban J connectivity index is 1.99. The van der Waals surface area contributed by atoms with Gasteiger partial charge in [-0.15, -0.1) is 5.10 Å². The van der Waals surface area contributed by atoms with E-state index in [4.69, 9.17) is 18.9 Å². The first-order valence-corrected chi connectivity index (χ1v) is 7.94. The van der Waals surface area contributed by atoms with Crippen molar-refractivity contribution in [2.75, 3.05) is 27.1 Å². The predicted molar refractivity (Wildman–Crippen MR) is 89.0 cm³/mol. The summed E-state index contributed by atoms with van der Waals surface area (Å²) in [5, 5.41) is 4.22. The molecule has 0 radical (unpaired) electrons. The SMILES string of the molecule is COCCOc1nc(-c2ccc3c(c2)OCO3)n(C(=O)C(C)(C)C)n1. The van der Waals surface area contributed by atoms with Crippen molar-refractivity contribution in [1.82, 2.24) is 14.8 Å². The van der Waals surface area contributed by atoms with Gasteiger partial charge in [-0.2, -0.15) is 9.67 Å². The number of carbonyl (C=O) groups is 1. The molecule has 3 rings (SSSR count). The summed E-state index contributed by atoms with van der Waals surface area (Å²) < 4.78 is 22.4. The zero-order valence-corrected chi connectivity index (χ0v) is 14.7. The molecule has 0 saturated carbocycles. The van der Waals surface area contributed by atoms with E-state index < -0.39 is 5.41 Å². The quantitative estimate of drug-likeness (QED) is 0.768. The van der Waals surface area contributed by atoms with Crippen LogP contribution >= 0.6 is 0 Å². The summed E-state index contributed by atoms with van der Waals surface area (Å²) in [4.78, 5) is 17.1. The molecule has 0 bridgehead atoms. The number of hydrogen-bond donors (Lipinski definition) is 0. The van der Waals surface area contributed by atoms with Crippen molar-refractivity contribution in [2.45, 2.75) is 20.8 Å². The van der Waals surface area contributed by atoms with Gasteiger partial charge in [-0.05, 0) is 18.2 Å². The minimum Gasteiger partial charge on any atom is -0.460 e. The maximum absolute atomic E-state index is 12.8. The maximum atomic E-state index is 12.8. The second-order valence-electron chi connectivity index (χ2n) is 6.59. The fourth-order valence-corrected chi connectivity index (χ4v) is 2.25. The van der Waals surface area contributed by atoms with Gasteiger partial charge in [0.1, 0.15) is 6.61 Å². The highest BCUT2D eigenvalue weighted by Crippen LogP contribution is 2.36. The lowest BCUT2D eigenvalue weighted by Crippen LogP contribution is -2.28.